The van der Waals surface area contributed by atoms with Crippen LogP contribution >= 0.6 is 0 Å². The lowest BCUT2D eigenvalue weighted by Gasteiger charge is -2.24. The summed E-state index contributed by atoms with van der Waals surface area (Å²) >= 11 is 0. The normalized spacial score (nSPS) is 10.9. The zero-order valence-electron chi connectivity index (χ0n) is 18.5. The molecule has 0 fully saturated rings. The topological polar surface area (TPSA) is 106 Å². The molecule has 4 rings (SSSR count). The van der Waals surface area contributed by atoms with Crippen LogP contribution in [-0.4, -0.2) is 46.2 Å². The molecule has 0 aliphatic carbocycles. The lowest BCUT2D eigenvalue weighted by molar-refractivity contribution is 0.0829. The number of nitrogens with zero attached hydrogens (tertiary/aromatic N) is 3. The number of aryl methyl sites for hydroxylation is 1. The van der Waals surface area contributed by atoms with Gasteiger partial charge in [0.25, 0.3) is 5.91 Å². The fourth-order valence-corrected chi connectivity index (χ4v) is 3.79. The van der Waals surface area contributed by atoms with E-state index in [4.69, 9.17) is 4.98 Å². The zero-order chi connectivity index (χ0) is 23.7. The molecule has 0 unspecified atom stereocenters. The minimum atomic E-state index is -1.23. The summed E-state index contributed by atoms with van der Waals surface area (Å²) in [6.07, 6.45) is -1.23. The molecule has 0 spiro atoms. The lowest BCUT2D eigenvalue weighted by atomic mass is 10.0. The van der Waals surface area contributed by atoms with E-state index in [0.29, 0.717) is 38.9 Å². The van der Waals surface area contributed by atoms with Gasteiger partial charge in [-0.1, -0.05) is 42.5 Å². The van der Waals surface area contributed by atoms with Gasteiger partial charge in [-0.15, -0.1) is 0 Å². The van der Waals surface area contributed by atoms with Crippen LogP contribution in [0.4, 0.5) is 16.2 Å². The van der Waals surface area contributed by atoms with Gasteiger partial charge in [0.2, 0.25) is 0 Å². The van der Waals surface area contributed by atoms with Crippen molar-refractivity contribution in [2.24, 2.45) is 0 Å². The molecule has 0 bridgehead atoms. The van der Waals surface area contributed by atoms with Crippen molar-refractivity contribution in [1.29, 1.82) is 0 Å². The van der Waals surface area contributed by atoms with Crippen molar-refractivity contribution in [2.45, 2.75) is 13.5 Å². The quantitative estimate of drug-likeness (QED) is 0.311. The van der Waals surface area contributed by atoms with Crippen molar-refractivity contribution in [3.8, 4) is 0 Å². The van der Waals surface area contributed by atoms with Gasteiger partial charge in [0, 0.05) is 24.9 Å². The Balaban J connectivity index is 2.00. The first-order valence-corrected chi connectivity index (χ1v) is 10.3. The number of pyridine rings is 1. The number of carboxylic acid groups (broad SMARTS) is 1. The smallest absolute Gasteiger partial charge is 0.430 e. The van der Waals surface area contributed by atoms with Crippen molar-refractivity contribution < 1.29 is 19.8 Å². The lowest BCUT2D eigenvalue weighted by Crippen LogP contribution is -2.35. The third kappa shape index (κ3) is 4.04. The molecule has 0 atom stereocenters. The number of aliphatic hydroxyl groups is 1. The molecule has 1 heterocycles. The number of amides is 2. The van der Waals surface area contributed by atoms with Gasteiger partial charge in [0.05, 0.1) is 34.6 Å². The van der Waals surface area contributed by atoms with Crippen LogP contribution in [-0.2, 0) is 6.61 Å². The van der Waals surface area contributed by atoms with Crippen LogP contribution in [0.15, 0.2) is 60.7 Å². The second kappa shape index (κ2) is 8.76. The fourth-order valence-electron chi connectivity index (χ4n) is 3.79. The van der Waals surface area contributed by atoms with Crippen LogP contribution in [0.25, 0.3) is 21.8 Å². The van der Waals surface area contributed by atoms with Crippen LogP contribution < -0.4 is 10.4 Å². The van der Waals surface area contributed by atoms with E-state index < -0.39 is 6.09 Å². The predicted octanol–water partition coefficient (Wildman–Crippen LogP) is 4.40. The van der Waals surface area contributed by atoms with E-state index in [2.05, 4.69) is 5.43 Å². The molecule has 8 nitrogen and oxygen atoms in total. The summed E-state index contributed by atoms with van der Waals surface area (Å²) in [4.78, 5) is 31.4. The molecule has 1 aromatic heterocycles. The van der Waals surface area contributed by atoms with E-state index in [0.717, 1.165) is 16.0 Å². The number of carbonyl (C=O) groups is 2. The zero-order valence-corrected chi connectivity index (χ0v) is 18.5. The molecular formula is C25H24N4O4. The number of aromatic nitrogens is 1. The molecule has 0 saturated heterocycles. The first-order chi connectivity index (χ1) is 15.8. The number of rotatable bonds is 5. The highest BCUT2D eigenvalue weighted by Crippen LogP contribution is 2.35. The minimum Gasteiger partial charge on any atom is -0.463 e. The van der Waals surface area contributed by atoms with Gasteiger partial charge in [-0.05, 0) is 36.2 Å². The van der Waals surface area contributed by atoms with Gasteiger partial charge in [-0.2, -0.15) is 5.01 Å². The Kier molecular flexibility index (Phi) is 5.85. The van der Waals surface area contributed by atoms with E-state index in [1.54, 1.807) is 50.5 Å². The summed E-state index contributed by atoms with van der Waals surface area (Å²) in [7, 11) is 3.35. The number of carbonyl (C=O) groups excluding carboxylic acids is 1. The van der Waals surface area contributed by atoms with E-state index in [-0.39, 0.29) is 12.5 Å². The molecule has 2 amide bonds. The second-order valence-electron chi connectivity index (χ2n) is 7.92. The summed E-state index contributed by atoms with van der Waals surface area (Å²) in [5, 5.41) is 21.8. The molecule has 3 aromatic carbocycles. The molecule has 0 saturated carbocycles. The Labute approximate surface area is 190 Å². The molecule has 8 heteroatoms. The predicted molar refractivity (Wildman–Crippen MR) is 128 cm³/mol. The summed E-state index contributed by atoms with van der Waals surface area (Å²) in [6, 6.07) is 17.6. The average Bonchev–Trinajstić information content (AvgIpc) is 2.81. The number of hydrogen-bond donors (Lipinski definition) is 3. The van der Waals surface area contributed by atoms with Crippen LogP contribution in [0.2, 0.25) is 0 Å². The van der Waals surface area contributed by atoms with E-state index in [1.807, 2.05) is 31.2 Å². The maximum atomic E-state index is 12.9. The van der Waals surface area contributed by atoms with Crippen LogP contribution in [0.5, 0.6) is 0 Å². The maximum absolute atomic E-state index is 12.9. The Bertz CT molecular complexity index is 1380. The largest absolute Gasteiger partial charge is 0.463 e. The molecule has 0 aliphatic rings. The maximum Gasteiger partial charge on any atom is 0.430 e. The van der Waals surface area contributed by atoms with E-state index in [1.165, 1.54) is 4.90 Å². The Morgan fingerprint density at radius 1 is 0.970 bits per heavy atom. The average molecular weight is 444 g/mol. The number of aliphatic hydroxyl groups excluding tert-OH is 1. The van der Waals surface area contributed by atoms with Crippen LogP contribution in [0.1, 0.15) is 21.5 Å². The number of para-hydroxylation sites is 2. The van der Waals surface area contributed by atoms with Gasteiger partial charge in [0.1, 0.15) is 0 Å². The van der Waals surface area contributed by atoms with Crippen molar-refractivity contribution in [3.05, 3.63) is 77.4 Å². The Morgan fingerprint density at radius 2 is 1.64 bits per heavy atom. The van der Waals surface area contributed by atoms with Gasteiger partial charge >= 0.3 is 6.09 Å². The SMILES string of the molecule is Cc1cccc2c(NN(C(=O)O)c3cccc(CO)c3)c3cccc(C(=O)N(C)C)c3nc12. The van der Waals surface area contributed by atoms with Crippen molar-refractivity contribution >= 4 is 45.2 Å². The van der Waals surface area contributed by atoms with Gasteiger partial charge in [0.15, 0.2) is 0 Å². The Hall–Kier alpha value is -4.17. The third-order valence-electron chi connectivity index (χ3n) is 5.44. The molecule has 168 valence electrons. The number of hydrogen-bond acceptors (Lipinski definition) is 5. The standard InChI is InChI=1S/C25H24N4O4/c1-15-7-4-10-18-21(15)26-22-19(11-6-12-20(22)24(31)28(2)3)23(18)27-29(25(32)33)17-9-5-8-16(13-17)14-30/h4-13,30H,14H2,1-3H3,(H,26,27)(H,32,33). The highest BCUT2D eigenvalue weighted by molar-refractivity contribution is 6.15. The first-order valence-electron chi connectivity index (χ1n) is 10.3. The molecule has 33 heavy (non-hydrogen) atoms. The van der Waals surface area contributed by atoms with E-state index in [9.17, 15) is 19.8 Å². The van der Waals surface area contributed by atoms with Crippen molar-refractivity contribution in [2.75, 3.05) is 24.5 Å². The van der Waals surface area contributed by atoms with Gasteiger partial charge < -0.3 is 15.1 Å². The first kappa shape index (κ1) is 22.0. The van der Waals surface area contributed by atoms with E-state index >= 15 is 0 Å². The highest BCUT2D eigenvalue weighted by atomic mass is 16.4. The number of nitrogens with one attached hydrogen (secondary N) is 1. The summed E-state index contributed by atoms with van der Waals surface area (Å²) in [5.74, 6) is -0.197. The molecule has 0 aliphatic heterocycles. The molecule has 3 N–H and O–H groups in total. The number of hydrazine groups is 1. The van der Waals surface area contributed by atoms with Crippen molar-refractivity contribution in [1.82, 2.24) is 9.88 Å². The van der Waals surface area contributed by atoms with Crippen molar-refractivity contribution in [3.63, 3.8) is 0 Å². The summed E-state index contributed by atoms with van der Waals surface area (Å²) in [6.45, 7) is 1.71. The minimum absolute atomic E-state index is 0.197. The molecule has 0 radical (unpaired) electrons. The van der Waals surface area contributed by atoms with Gasteiger partial charge in [-0.25, -0.2) is 9.78 Å². The summed E-state index contributed by atoms with van der Waals surface area (Å²) in [5.41, 5.74) is 6.96. The monoisotopic (exact) mass is 444 g/mol. The van der Waals surface area contributed by atoms with Crippen LogP contribution in [0, 0.1) is 6.92 Å². The number of fused-ring (bicyclic) bond motifs is 2. The number of benzene rings is 3. The van der Waals surface area contributed by atoms with Gasteiger partial charge in [-0.3, -0.25) is 10.2 Å². The Morgan fingerprint density at radius 3 is 2.30 bits per heavy atom. The molecular weight excluding hydrogens is 420 g/mol. The van der Waals surface area contributed by atoms with Crippen LogP contribution in [0.3, 0.4) is 0 Å². The highest BCUT2D eigenvalue weighted by Gasteiger charge is 2.21. The fraction of sp³-hybridized carbons (Fsp3) is 0.160. The summed E-state index contributed by atoms with van der Waals surface area (Å²) < 4.78 is 0. The number of anilines is 2. The second-order valence-corrected chi connectivity index (χ2v) is 7.92. The third-order valence-corrected chi connectivity index (χ3v) is 5.44. The molecule has 4 aromatic rings.